The van der Waals surface area contributed by atoms with E-state index < -0.39 is 0 Å². The number of aromatic nitrogens is 1. The summed E-state index contributed by atoms with van der Waals surface area (Å²) < 4.78 is 15.9. The Morgan fingerprint density at radius 2 is 2.17 bits per heavy atom. The number of piperidine rings is 1. The number of amides is 1. The Balaban J connectivity index is 1.58. The van der Waals surface area contributed by atoms with Gasteiger partial charge in [0, 0.05) is 31.7 Å². The molecule has 0 atom stereocenters. The Bertz CT molecular complexity index is 649. The number of benzene rings is 1. The van der Waals surface area contributed by atoms with Gasteiger partial charge in [-0.1, -0.05) is 6.07 Å². The summed E-state index contributed by atoms with van der Waals surface area (Å²) in [6.07, 6.45) is 5.01. The number of oxazole rings is 1. The van der Waals surface area contributed by atoms with Crippen LogP contribution in [0.5, 0.6) is 5.75 Å². The van der Waals surface area contributed by atoms with Crippen molar-refractivity contribution >= 4 is 5.91 Å². The monoisotopic (exact) mass is 330 g/mol. The van der Waals surface area contributed by atoms with Crippen molar-refractivity contribution in [2.75, 3.05) is 33.4 Å². The van der Waals surface area contributed by atoms with Gasteiger partial charge in [-0.05, 0) is 31.0 Å². The van der Waals surface area contributed by atoms with Gasteiger partial charge in [-0.2, -0.15) is 0 Å². The molecule has 1 aliphatic rings. The van der Waals surface area contributed by atoms with Crippen LogP contribution in [0.15, 0.2) is 41.1 Å². The maximum atomic E-state index is 12.7. The van der Waals surface area contributed by atoms with Crippen LogP contribution in [-0.4, -0.2) is 49.2 Å². The molecule has 6 heteroatoms. The fraction of sp³-hybridized carbons (Fsp3) is 0.444. The lowest BCUT2D eigenvalue weighted by molar-refractivity contribution is 0.0705. The summed E-state index contributed by atoms with van der Waals surface area (Å²) in [6, 6.07) is 7.31. The van der Waals surface area contributed by atoms with Crippen molar-refractivity contribution in [3.63, 3.8) is 0 Å². The van der Waals surface area contributed by atoms with Crippen LogP contribution in [-0.2, 0) is 4.74 Å². The number of nitrogens with zero attached hydrogens (tertiary/aromatic N) is 2. The summed E-state index contributed by atoms with van der Waals surface area (Å²) in [6.45, 7) is 2.41. The number of rotatable bonds is 6. The maximum Gasteiger partial charge on any atom is 0.253 e. The second-order valence-corrected chi connectivity index (χ2v) is 5.81. The van der Waals surface area contributed by atoms with Crippen molar-refractivity contribution in [2.45, 2.75) is 18.8 Å². The predicted octanol–water partition coefficient (Wildman–Crippen LogP) is 2.72. The number of carbonyl (C=O) groups excluding carboxylic acids is 1. The first-order valence-corrected chi connectivity index (χ1v) is 8.18. The lowest BCUT2D eigenvalue weighted by Crippen LogP contribution is -2.38. The molecule has 1 amide bonds. The molecule has 2 heterocycles. The minimum Gasteiger partial charge on any atom is -0.491 e. The Kier molecular flexibility index (Phi) is 5.48. The van der Waals surface area contributed by atoms with Gasteiger partial charge in [0.05, 0.1) is 12.8 Å². The highest BCUT2D eigenvalue weighted by Crippen LogP contribution is 2.27. The Labute approximate surface area is 141 Å². The zero-order valence-electron chi connectivity index (χ0n) is 13.8. The molecule has 3 rings (SSSR count). The minimum absolute atomic E-state index is 0.0399. The summed E-state index contributed by atoms with van der Waals surface area (Å²) in [5.41, 5.74) is 0.652. The minimum atomic E-state index is 0.0399. The fourth-order valence-electron chi connectivity index (χ4n) is 2.91. The van der Waals surface area contributed by atoms with E-state index in [4.69, 9.17) is 13.9 Å². The summed E-state index contributed by atoms with van der Waals surface area (Å²) in [5.74, 6) is 1.80. The molecule has 0 spiro atoms. The lowest BCUT2D eigenvalue weighted by Gasteiger charge is -2.30. The van der Waals surface area contributed by atoms with Gasteiger partial charge in [-0.3, -0.25) is 4.79 Å². The topological polar surface area (TPSA) is 64.8 Å². The van der Waals surface area contributed by atoms with Crippen LogP contribution in [0.25, 0.3) is 0 Å². The number of hydrogen-bond donors (Lipinski definition) is 0. The first kappa shape index (κ1) is 16.5. The second-order valence-electron chi connectivity index (χ2n) is 5.81. The summed E-state index contributed by atoms with van der Waals surface area (Å²) in [7, 11) is 1.63. The predicted molar refractivity (Wildman–Crippen MR) is 88.2 cm³/mol. The van der Waals surface area contributed by atoms with Crippen molar-refractivity contribution in [3.05, 3.63) is 48.2 Å². The molecule has 1 fully saturated rings. The van der Waals surface area contributed by atoms with E-state index in [9.17, 15) is 4.79 Å². The third kappa shape index (κ3) is 3.94. The van der Waals surface area contributed by atoms with Gasteiger partial charge in [0.1, 0.15) is 18.6 Å². The van der Waals surface area contributed by atoms with E-state index in [0.717, 1.165) is 18.7 Å². The van der Waals surface area contributed by atoms with Crippen LogP contribution in [0, 0.1) is 0 Å². The van der Waals surface area contributed by atoms with Gasteiger partial charge in [0.15, 0.2) is 5.89 Å². The van der Waals surface area contributed by atoms with E-state index in [2.05, 4.69) is 4.98 Å². The molecular weight excluding hydrogens is 308 g/mol. The molecule has 128 valence electrons. The molecule has 0 bridgehead atoms. The van der Waals surface area contributed by atoms with E-state index in [1.807, 2.05) is 23.1 Å². The first-order chi connectivity index (χ1) is 11.8. The zero-order chi connectivity index (χ0) is 16.8. The Morgan fingerprint density at radius 3 is 2.88 bits per heavy atom. The van der Waals surface area contributed by atoms with E-state index in [0.29, 0.717) is 43.5 Å². The standard InChI is InChI=1S/C18H22N2O4/c1-22-11-12-23-16-4-2-3-15(13-16)18(21)20-8-5-14(6-9-20)17-19-7-10-24-17/h2-4,7,10,13-14H,5-6,8-9,11-12H2,1H3. The van der Waals surface area contributed by atoms with Gasteiger partial charge in [0.2, 0.25) is 0 Å². The van der Waals surface area contributed by atoms with E-state index in [1.54, 1.807) is 25.6 Å². The van der Waals surface area contributed by atoms with Crippen LogP contribution < -0.4 is 4.74 Å². The molecule has 0 radical (unpaired) electrons. The molecule has 0 aliphatic carbocycles. The molecule has 0 saturated carbocycles. The number of methoxy groups -OCH3 is 1. The van der Waals surface area contributed by atoms with E-state index in [-0.39, 0.29) is 5.91 Å². The van der Waals surface area contributed by atoms with Crippen molar-refractivity contribution in [1.82, 2.24) is 9.88 Å². The summed E-state index contributed by atoms with van der Waals surface area (Å²) >= 11 is 0. The van der Waals surface area contributed by atoms with Crippen molar-refractivity contribution in [2.24, 2.45) is 0 Å². The molecule has 2 aromatic rings. The van der Waals surface area contributed by atoms with Crippen LogP contribution in [0.2, 0.25) is 0 Å². The lowest BCUT2D eigenvalue weighted by atomic mass is 9.96. The third-order valence-corrected chi connectivity index (χ3v) is 4.22. The van der Waals surface area contributed by atoms with Crippen molar-refractivity contribution in [3.8, 4) is 5.75 Å². The molecular formula is C18H22N2O4. The third-order valence-electron chi connectivity index (χ3n) is 4.22. The van der Waals surface area contributed by atoms with Gasteiger partial charge in [0.25, 0.3) is 5.91 Å². The molecule has 1 aromatic heterocycles. The molecule has 1 aromatic carbocycles. The molecule has 0 unspecified atom stereocenters. The Hall–Kier alpha value is -2.34. The molecule has 24 heavy (non-hydrogen) atoms. The largest absolute Gasteiger partial charge is 0.491 e. The molecule has 0 N–H and O–H groups in total. The average Bonchev–Trinajstić information content (AvgIpc) is 3.16. The molecule has 1 aliphatic heterocycles. The zero-order valence-corrected chi connectivity index (χ0v) is 13.8. The quantitative estimate of drug-likeness (QED) is 0.762. The van der Waals surface area contributed by atoms with Crippen molar-refractivity contribution < 1.29 is 18.7 Å². The SMILES string of the molecule is COCCOc1cccc(C(=O)N2CCC(c3ncco3)CC2)c1. The normalized spacial score (nSPS) is 15.5. The van der Waals surface area contributed by atoms with E-state index >= 15 is 0 Å². The van der Waals surface area contributed by atoms with Gasteiger partial charge >= 0.3 is 0 Å². The highest BCUT2D eigenvalue weighted by atomic mass is 16.5. The summed E-state index contributed by atoms with van der Waals surface area (Å²) in [4.78, 5) is 18.8. The number of ether oxygens (including phenoxy) is 2. The highest BCUT2D eigenvalue weighted by Gasteiger charge is 2.26. The summed E-state index contributed by atoms with van der Waals surface area (Å²) in [5, 5.41) is 0. The van der Waals surface area contributed by atoms with Crippen LogP contribution >= 0.6 is 0 Å². The van der Waals surface area contributed by atoms with Crippen LogP contribution in [0.3, 0.4) is 0 Å². The number of carbonyl (C=O) groups is 1. The van der Waals surface area contributed by atoms with Crippen molar-refractivity contribution in [1.29, 1.82) is 0 Å². The van der Waals surface area contributed by atoms with Crippen LogP contribution in [0.1, 0.15) is 35.0 Å². The fourth-order valence-corrected chi connectivity index (χ4v) is 2.91. The Morgan fingerprint density at radius 1 is 1.33 bits per heavy atom. The van der Waals surface area contributed by atoms with E-state index in [1.165, 1.54) is 0 Å². The van der Waals surface area contributed by atoms with Gasteiger partial charge < -0.3 is 18.8 Å². The highest BCUT2D eigenvalue weighted by molar-refractivity contribution is 5.94. The maximum absolute atomic E-state index is 12.7. The number of likely N-dealkylation sites (tertiary alicyclic amines) is 1. The van der Waals surface area contributed by atoms with Gasteiger partial charge in [-0.25, -0.2) is 4.98 Å². The second kappa shape index (κ2) is 7.97. The first-order valence-electron chi connectivity index (χ1n) is 8.18. The number of hydrogen-bond acceptors (Lipinski definition) is 5. The van der Waals surface area contributed by atoms with Gasteiger partial charge in [-0.15, -0.1) is 0 Å². The van der Waals surface area contributed by atoms with Crippen LogP contribution in [0.4, 0.5) is 0 Å². The molecule has 1 saturated heterocycles. The molecule has 6 nitrogen and oxygen atoms in total. The average molecular weight is 330 g/mol. The smallest absolute Gasteiger partial charge is 0.253 e.